The van der Waals surface area contributed by atoms with Gasteiger partial charge >= 0.3 is 0 Å². The normalized spacial score (nSPS) is 25.0. The molecule has 3 N–H and O–H groups in total. The molecule has 2 unspecified atom stereocenters. The molecule has 1 amide bonds. The van der Waals surface area contributed by atoms with Gasteiger partial charge in [-0.3, -0.25) is 9.69 Å². The van der Waals surface area contributed by atoms with Gasteiger partial charge in [0, 0.05) is 25.7 Å². The van der Waals surface area contributed by atoms with Gasteiger partial charge in [0.2, 0.25) is 5.91 Å². The van der Waals surface area contributed by atoms with Crippen LogP contribution in [0.25, 0.3) is 0 Å². The van der Waals surface area contributed by atoms with Crippen molar-refractivity contribution in [2.45, 2.75) is 31.3 Å². The molecule has 0 heterocycles. The lowest BCUT2D eigenvalue weighted by atomic mass is 10.1. The highest BCUT2D eigenvalue weighted by Gasteiger charge is 2.28. The van der Waals surface area contributed by atoms with Crippen LogP contribution in [0.5, 0.6) is 0 Å². The second kappa shape index (κ2) is 6.83. The van der Waals surface area contributed by atoms with Gasteiger partial charge < -0.3 is 15.8 Å². The van der Waals surface area contributed by atoms with E-state index in [4.69, 9.17) is 10.5 Å². The second-order valence-corrected chi connectivity index (χ2v) is 4.42. The number of nitrogens with zero attached hydrogens (tertiary/aromatic N) is 1. The Balaban J connectivity index is 2.22. The average molecular weight is 229 g/mol. The topological polar surface area (TPSA) is 67.6 Å². The zero-order valence-electron chi connectivity index (χ0n) is 10.2. The van der Waals surface area contributed by atoms with E-state index in [-0.39, 0.29) is 11.9 Å². The fourth-order valence-electron chi connectivity index (χ4n) is 2.21. The van der Waals surface area contributed by atoms with Crippen molar-refractivity contribution in [3.63, 3.8) is 0 Å². The van der Waals surface area contributed by atoms with Crippen LogP contribution in [0.1, 0.15) is 19.3 Å². The quantitative estimate of drug-likeness (QED) is 0.606. The van der Waals surface area contributed by atoms with Crippen LogP contribution in [0.2, 0.25) is 0 Å². The van der Waals surface area contributed by atoms with E-state index in [1.54, 1.807) is 7.11 Å². The van der Waals surface area contributed by atoms with Gasteiger partial charge in [-0.2, -0.15) is 0 Å². The zero-order valence-corrected chi connectivity index (χ0v) is 10.2. The molecule has 5 heteroatoms. The lowest BCUT2D eigenvalue weighted by Crippen LogP contribution is -2.46. The van der Waals surface area contributed by atoms with E-state index in [9.17, 15) is 4.79 Å². The minimum Gasteiger partial charge on any atom is -0.383 e. The molecule has 94 valence electrons. The largest absolute Gasteiger partial charge is 0.383 e. The molecule has 0 spiro atoms. The molecule has 1 aliphatic rings. The lowest BCUT2D eigenvalue weighted by molar-refractivity contribution is -0.122. The molecule has 0 saturated heterocycles. The van der Waals surface area contributed by atoms with Crippen LogP contribution in [-0.2, 0) is 9.53 Å². The monoisotopic (exact) mass is 229 g/mol. The van der Waals surface area contributed by atoms with E-state index in [2.05, 4.69) is 10.2 Å². The summed E-state index contributed by atoms with van der Waals surface area (Å²) < 4.78 is 4.87. The maximum absolute atomic E-state index is 11.5. The molecule has 5 nitrogen and oxygen atoms in total. The van der Waals surface area contributed by atoms with E-state index in [0.29, 0.717) is 25.7 Å². The molecule has 2 atom stereocenters. The van der Waals surface area contributed by atoms with Gasteiger partial charge in [-0.15, -0.1) is 0 Å². The molecule has 0 aromatic carbocycles. The van der Waals surface area contributed by atoms with Crippen molar-refractivity contribution in [2.75, 3.05) is 33.9 Å². The first kappa shape index (κ1) is 13.4. The molecule has 0 aromatic rings. The lowest BCUT2D eigenvalue weighted by Gasteiger charge is -2.26. The Bertz CT molecular complexity index is 223. The average Bonchev–Trinajstić information content (AvgIpc) is 2.65. The number of rotatable bonds is 6. The molecule has 1 rings (SSSR count). The van der Waals surface area contributed by atoms with Crippen LogP contribution >= 0.6 is 0 Å². The predicted octanol–water partition coefficient (Wildman–Crippen LogP) is -0.439. The van der Waals surface area contributed by atoms with Gasteiger partial charge in [0.25, 0.3) is 0 Å². The molecule has 1 aliphatic carbocycles. The number of hydrogen-bond acceptors (Lipinski definition) is 4. The van der Waals surface area contributed by atoms with Crippen molar-refractivity contribution in [2.24, 2.45) is 5.73 Å². The first-order valence-corrected chi connectivity index (χ1v) is 5.86. The van der Waals surface area contributed by atoms with E-state index in [1.807, 2.05) is 7.05 Å². The van der Waals surface area contributed by atoms with Crippen molar-refractivity contribution in [3.05, 3.63) is 0 Å². The SMILES string of the molecule is COCCNC(=O)CN(C)C1CCCC1N. The van der Waals surface area contributed by atoms with Gasteiger partial charge in [0.05, 0.1) is 13.2 Å². The molecular weight excluding hydrogens is 206 g/mol. The minimum atomic E-state index is 0.0404. The number of nitrogens with one attached hydrogen (secondary N) is 1. The first-order chi connectivity index (χ1) is 7.65. The molecule has 16 heavy (non-hydrogen) atoms. The number of likely N-dealkylation sites (N-methyl/N-ethyl adjacent to an activating group) is 1. The summed E-state index contributed by atoms with van der Waals surface area (Å²) in [7, 11) is 3.58. The Kier molecular flexibility index (Phi) is 5.73. The number of amides is 1. The number of methoxy groups -OCH3 is 1. The molecule has 0 aromatic heterocycles. The number of hydrogen-bond donors (Lipinski definition) is 2. The minimum absolute atomic E-state index is 0.0404. The summed E-state index contributed by atoms with van der Waals surface area (Å²) >= 11 is 0. The van der Waals surface area contributed by atoms with Crippen LogP contribution in [-0.4, -0.2) is 56.7 Å². The maximum atomic E-state index is 11.5. The van der Waals surface area contributed by atoms with E-state index in [1.165, 1.54) is 6.42 Å². The standard InChI is InChI=1S/C11H23N3O2/c1-14(10-5-3-4-9(10)12)8-11(15)13-6-7-16-2/h9-10H,3-8,12H2,1-2H3,(H,13,15). The Morgan fingerprint density at radius 1 is 1.56 bits per heavy atom. The highest BCUT2D eigenvalue weighted by molar-refractivity contribution is 5.78. The molecule has 1 saturated carbocycles. The maximum Gasteiger partial charge on any atom is 0.234 e. The second-order valence-electron chi connectivity index (χ2n) is 4.42. The summed E-state index contributed by atoms with van der Waals surface area (Å²) in [6.07, 6.45) is 3.34. The molecule has 0 radical (unpaired) electrons. The highest BCUT2D eigenvalue weighted by Crippen LogP contribution is 2.21. The third-order valence-corrected chi connectivity index (χ3v) is 3.12. The Morgan fingerprint density at radius 3 is 2.88 bits per heavy atom. The van der Waals surface area contributed by atoms with Crippen molar-refractivity contribution in [1.82, 2.24) is 10.2 Å². The van der Waals surface area contributed by atoms with E-state index < -0.39 is 0 Å². The summed E-state index contributed by atoms with van der Waals surface area (Å²) in [4.78, 5) is 13.6. The fraction of sp³-hybridized carbons (Fsp3) is 0.909. The van der Waals surface area contributed by atoms with Gasteiger partial charge in [-0.25, -0.2) is 0 Å². The van der Waals surface area contributed by atoms with Crippen molar-refractivity contribution >= 4 is 5.91 Å². The van der Waals surface area contributed by atoms with Crippen molar-refractivity contribution < 1.29 is 9.53 Å². The number of nitrogens with two attached hydrogens (primary N) is 1. The predicted molar refractivity (Wildman–Crippen MR) is 63.1 cm³/mol. The smallest absolute Gasteiger partial charge is 0.234 e. The van der Waals surface area contributed by atoms with Gasteiger partial charge in [-0.1, -0.05) is 6.42 Å². The third-order valence-electron chi connectivity index (χ3n) is 3.12. The van der Waals surface area contributed by atoms with Gasteiger partial charge in [0.15, 0.2) is 0 Å². The molecule has 0 bridgehead atoms. The highest BCUT2D eigenvalue weighted by atomic mass is 16.5. The molecule has 0 aliphatic heterocycles. The first-order valence-electron chi connectivity index (χ1n) is 5.86. The van der Waals surface area contributed by atoms with Crippen LogP contribution < -0.4 is 11.1 Å². The molecular formula is C11H23N3O2. The van der Waals surface area contributed by atoms with Crippen LogP contribution in [0.3, 0.4) is 0 Å². The van der Waals surface area contributed by atoms with Crippen LogP contribution in [0.15, 0.2) is 0 Å². The van der Waals surface area contributed by atoms with Gasteiger partial charge in [-0.05, 0) is 19.9 Å². The van der Waals surface area contributed by atoms with Crippen molar-refractivity contribution in [1.29, 1.82) is 0 Å². The fourth-order valence-corrected chi connectivity index (χ4v) is 2.21. The van der Waals surface area contributed by atoms with E-state index in [0.717, 1.165) is 12.8 Å². The van der Waals surface area contributed by atoms with Crippen molar-refractivity contribution in [3.8, 4) is 0 Å². The third kappa shape index (κ3) is 4.08. The van der Waals surface area contributed by atoms with Crippen LogP contribution in [0, 0.1) is 0 Å². The number of carbonyl (C=O) groups is 1. The zero-order chi connectivity index (χ0) is 12.0. The summed E-state index contributed by atoms with van der Waals surface area (Å²) in [6.45, 7) is 1.54. The van der Waals surface area contributed by atoms with Crippen LogP contribution in [0.4, 0.5) is 0 Å². The number of ether oxygens (including phenoxy) is 1. The summed E-state index contributed by atoms with van der Waals surface area (Å²) in [5.41, 5.74) is 5.98. The van der Waals surface area contributed by atoms with Gasteiger partial charge in [0.1, 0.15) is 0 Å². The Morgan fingerprint density at radius 2 is 2.31 bits per heavy atom. The van der Waals surface area contributed by atoms with E-state index >= 15 is 0 Å². The number of carbonyl (C=O) groups excluding carboxylic acids is 1. The summed E-state index contributed by atoms with van der Waals surface area (Å²) in [5, 5.41) is 2.81. The summed E-state index contributed by atoms with van der Waals surface area (Å²) in [5.74, 6) is 0.0404. The Labute approximate surface area is 97.3 Å². The molecule has 1 fully saturated rings. The Hall–Kier alpha value is -0.650. The summed E-state index contributed by atoms with van der Waals surface area (Å²) in [6, 6.07) is 0.574.